The fourth-order valence-electron chi connectivity index (χ4n) is 3.90. The van der Waals surface area contributed by atoms with Crippen LogP contribution in [0.2, 0.25) is 0 Å². The van der Waals surface area contributed by atoms with Crippen LogP contribution in [0.15, 0.2) is 18.2 Å². The summed E-state index contributed by atoms with van der Waals surface area (Å²) in [7, 11) is 1.44. The van der Waals surface area contributed by atoms with Gasteiger partial charge in [0, 0.05) is 11.2 Å². The number of unbranched alkanes of at least 4 members (excludes halogenated alkanes) is 1. The molecule has 0 amide bonds. The van der Waals surface area contributed by atoms with Crippen molar-refractivity contribution < 1.29 is 13.9 Å². The van der Waals surface area contributed by atoms with Crippen LogP contribution in [-0.4, -0.2) is 24.7 Å². The van der Waals surface area contributed by atoms with Crippen molar-refractivity contribution in [3.05, 3.63) is 29.6 Å². The number of hydrogen-bond donors (Lipinski definition) is 0. The normalized spacial score (nSPS) is 20.8. The Morgan fingerprint density at radius 1 is 1.48 bits per heavy atom. The second kappa shape index (κ2) is 6.90. The molecule has 0 bridgehead atoms. The van der Waals surface area contributed by atoms with E-state index in [0.29, 0.717) is 0 Å². The molecule has 0 radical (unpaired) electrons. The summed E-state index contributed by atoms with van der Waals surface area (Å²) in [6.45, 7) is 8.53. The first kappa shape index (κ1) is 17.8. The Bertz CT molecular complexity index is 570. The molecule has 0 aliphatic carbocycles. The Labute approximate surface area is 138 Å². The molecule has 3 nitrogen and oxygen atoms in total. The first-order valence-corrected chi connectivity index (χ1v) is 8.48. The lowest BCUT2D eigenvalue weighted by molar-refractivity contribution is -0.142. The van der Waals surface area contributed by atoms with Gasteiger partial charge in [-0.3, -0.25) is 0 Å². The number of benzene rings is 1. The van der Waals surface area contributed by atoms with Crippen LogP contribution >= 0.6 is 0 Å². The number of nitrogens with zero attached hydrogens (tertiary/aromatic N) is 1. The molecule has 2 atom stereocenters. The van der Waals surface area contributed by atoms with Crippen LogP contribution in [-0.2, 0) is 9.53 Å². The summed E-state index contributed by atoms with van der Waals surface area (Å²) >= 11 is 0. The lowest BCUT2D eigenvalue weighted by Crippen LogP contribution is -2.56. The van der Waals surface area contributed by atoms with E-state index in [9.17, 15) is 9.18 Å². The van der Waals surface area contributed by atoms with Gasteiger partial charge in [-0.25, -0.2) is 9.18 Å². The van der Waals surface area contributed by atoms with E-state index in [1.807, 2.05) is 6.07 Å². The average Bonchev–Trinajstić information content (AvgIpc) is 2.49. The number of esters is 1. The SMILES string of the molecule is CCCC[C@@H](C(=O)OC)N1c2ccc(F)cc2[C@@H](C)CC1(C)C. The van der Waals surface area contributed by atoms with Gasteiger partial charge in [0.25, 0.3) is 0 Å². The zero-order chi connectivity index (χ0) is 17.2. The van der Waals surface area contributed by atoms with Crippen molar-refractivity contribution in [3.63, 3.8) is 0 Å². The molecule has 0 N–H and O–H groups in total. The molecule has 1 heterocycles. The minimum atomic E-state index is -0.327. The smallest absolute Gasteiger partial charge is 0.328 e. The van der Waals surface area contributed by atoms with Crippen LogP contribution in [0.1, 0.15) is 64.9 Å². The van der Waals surface area contributed by atoms with Crippen molar-refractivity contribution in [2.24, 2.45) is 0 Å². The molecule has 1 aliphatic heterocycles. The molecule has 128 valence electrons. The minimum absolute atomic E-state index is 0.184. The summed E-state index contributed by atoms with van der Waals surface area (Å²) in [6.07, 6.45) is 3.60. The highest BCUT2D eigenvalue weighted by Crippen LogP contribution is 2.45. The molecule has 0 spiro atoms. The number of methoxy groups -OCH3 is 1. The Morgan fingerprint density at radius 3 is 2.78 bits per heavy atom. The highest BCUT2D eigenvalue weighted by Gasteiger charge is 2.42. The maximum absolute atomic E-state index is 13.7. The zero-order valence-electron chi connectivity index (χ0n) is 14.9. The maximum Gasteiger partial charge on any atom is 0.328 e. The van der Waals surface area contributed by atoms with Crippen LogP contribution < -0.4 is 4.90 Å². The Hall–Kier alpha value is -1.58. The van der Waals surface area contributed by atoms with Crippen LogP contribution in [0.5, 0.6) is 0 Å². The number of carbonyl (C=O) groups excluding carboxylic acids is 1. The second-order valence-corrected chi connectivity index (χ2v) is 7.17. The molecule has 0 saturated carbocycles. The van der Waals surface area contributed by atoms with Gasteiger partial charge in [-0.2, -0.15) is 0 Å². The zero-order valence-corrected chi connectivity index (χ0v) is 14.9. The molecular weight excluding hydrogens is 293 g/mol. The molecule has 23 heavy (non-hydrogen) atoms. The molecule has 1 aliphatic rings. The highest BCUT2D eigenvalue weighted by molar-refractivity contribution is 5.81. The summed E-state index contributed by atoms with van der Waals surface area (Å²) in [5.41, 5.74) is 1.76. The van der Waals surface area contributed by atoms with E-state index in [4.69, 9.17) is 4.74 Å². The number of rotatable bonds is 5. The number of fused-ring (bicyclic) bond motifs is 1. The Kier molecular flexibility index (Phi) is 5.33. The maximum atomic E-state index is 13.7. The summed E-state index contributed by atoms with van der Waals surface area (Å²) < 4.78 is 18.8. The summed E-state index contributed by atoms with van der Waals surface area (Å²) in [6, 6.07) is 4.57. The standard InChI is InChI=1S/C19H28FNO2/c1-6-7-8-17(18(22)23-5)21-16-10-9-14(20)11-15(16)13(2)12-19(21,3)4/h9-11,13,17H,6-8,12H2,1-5H3/t13-,17-/m0/s1. The topological polar surface area (TPSA) is 29.5 Å². The van der Waals surface area contributed by atoms with Crippen molar-refractivity contribution in [1.82, 2.24) is 0 Å². The molecule has 0 saturated heterocycles. The molecular formula is C19H28FNO2. The van der Waals surface area contributed by atoms with E-state index >= 15 is 0 Å². The van der Waals surface area contributed by atoms with Gasteiger partial charge in [0.05, 0.1) is 7.11 Å². The Balaban J connectivity index is 2.52. The highest BCUT2D eigenvalue weighted by atomic mass is 19.1. The molecule has 2 rings (SSSR count). The molecule has 0 fully saturated rings. The molecule has 1 aromatic rings. The molecule has 0 aromatic heterocycles. The predicted octanol–water partition coefficient (Wildman–Crippen LogP) is 4.65. The van der Waals surface area contributed by atoms with E-state index < -0.39 is 0 Å². The van der Waals surface area contributed by atoms with Crippen LogP contribution in [0.3, 0.4) is 0 Å². The quantitative estimate of drug-likeness (QED) is 0.739. The van der Waals surface area contributed by atoms with Gasteiger partial charge in [0.2, 0.25) is 0 Å². The van der Waals surface area contributed by atoms with Gasteiger partial charge < -0.3 is 9.64 Å². The first-order valence-electron chi connectivity index (χ1n) is 8.48. The first-order chi connectivity index (χ1) is 10.8. The van der Waals surface area contributed by atoms with Gasteiger partial charge in [-0.1, -0.05) is 26.7 Å². The van der Waals surface area contributed by atoms with Crippen molar-refractivity contribution in [3.8, 4) is 0 Å². The monoisotopic (exact) mass is 321 g/mol. The third-order valence-electron chi connectivity index (χ3n) is 4.85. The van der Waals surface area contributed by atoms with Crippen molar-refractivity contribution in [2.45, 2.75) is 70.9 Å². The molecule has 1 aromatic carbocycles. The van der Waals surface area contributed by atoms with Gasteiger partial charge in [0.1, 0.15) is 11.9 Å². The van der Waals surface area contributed by atoms with E-state index in [1.165, 1.54) is 13.2 Å². The molecule has 4 heteroatoms. The van der Waals surface area contributed by atoms with Crippen LogP contribution in [0.25, 0.3) is 0 Å². The number of carbonyl (C=O) groups is 1. The van der Waals surface area contributed by atoms with E-state index in [2.05, 4.69) is 32.6 Å². The number of hydrogen-bond acceptors (Lipinski definition) is 3. The van der Waals surface area contributed by atoms with Crippen LogP contribution in [0.4, 0.5) is 10.1 Å². The lowest BCUT2D eigenvalue weighted by atomic mass is 9.78. The van der Waals surface area contributed by atoms with Gasteiger partial charge in [-0.05, 0) is 56.4 Å². The number of anilines is 1. The number of ether oxygens (including phenoxy) is 1. The molecule has 0 unspecified atom stereocenters. The van der Waals surface area contributed by atoms with Crippen LogP contribution in [0, 0.1) is 5.82 Å². The third-order valence-corrected chi connectivity index (χ3v) is 4.85. The Morgan fingerprint density at radius 2 is 2.17 bits per heavy atom. The lowest BCUT2D eigenvalue weighted by Gasteiger charge is -2.50. The number of halogens is 1. The fourth-order valence-corrected chi connectivity index (χ4v) is 3.90. The van der Waals surface area contributed by atoms with Crippen molar-refractivity contribution in [1.29, 1.82) is 0 Å². The van der Waals surface area contributed by atoms with Crippen molar-refractivity contribution >= 4 is 11.7 Å². The van der Waals surface area contributed by atoms with E-state index in [0.717, 1.165) is 36.9 Å². The average molecular weight is 321 g/mol. The third kappa shape index (κ3) is 3.51. The van der Waals surface area contributed by atoms with E-state index in [1.54, 1.807) is 6.07 Å². The minimum Gasteiger partial charge on any atom is -0.467 e. The van der Waals surface area contributed by atoms with Crippen molar-refractivity contribution in [2.75, 3.05) is 12.0 Å². The van der Waals surface area contributed by atoms with Gasteiger partial charge in [0.15, 0.2) is 0 Å². The predicted molar refractivity (Wildman–Crippen MR) is 91.3 cm³/mol. The largest absolute Gasteiger partial charge is 0.467 e. The summed E-state index contributed by atoms with van der Waals surface area (Å²) in [5.74, 6) is -0.175. The second-order valence-electron chi connectivity index (χ2n) is 7.17. The fraction of sp³-hybridized carbons (Fsp3) is 0.632. The van der Waals surface area contributed by atoms with E-state index in [-0.39, 0.29) is 29.3 Å². The van der Waals surface area contributed by atoms with Gasteiger partial charge in [-0.15, -0.1) is 0 Å². The summed E-state index contributed by atoms with van der Waals surface area (Å²) in [5, 5.41) is 0. The van der Waals surface area contributed by atoms with Gasteiger partial charge >= 0.3 is 5.97 Å². The summed E-state index contributed by atoms with van der Waals surface area (Å²) in [4.78, 5) is 14.6.